The van der Waals surface area contributed by atoms with E-state index < -0.39 is 0 Å². The van der Waals surface area contributed by atoms with Crippen LogP contribution in [0.1, 0.15) is 56.5 Å². The van der Waals surface area contributed by atoms with Crippen LogP contribution in [0.5, 0.6) is 0 Å². The van der Waals surface area contributed by atoms with Crippen molar-refractivity contribution >= 4 is 29.4 Å². The maximum absolute atomic E-state index is 12.4. The van der Waals surface area contributed by atoms with Gasteiger partial charge in [0.25, 0.3) is 5.91 Å². The molecule has 0 aliphatic carbocycles. The number of nitrogens with one attached hydrogen (secondary N) is 4. The molecule has 0 radical (unpaired) electrons. The predicted octanol–water partition coefficient (Wildman–Crippen LogP) is 3.32. The first-order chi connectivity index (χ1) is 15.6. The lowest BCUT2D eigenvalue weighted by molar-refractivity contribution is 0.0953. The highest BCUT2D eigenvalue weighted by Gasteiger charge is 2.20. The van der Waals surface area contributed by atoms with Crippen LogP contribution in [0.4, 0.5) is 23.5 Å². The van der Waals surface area contributed by atoms with Gasteiger partial charge < -0.3 is 26.2 Å². The van der Waals surface area contributed by atoms with Gasteiger partial charge in [0.1, 0.15) is 0 Å². The molecule has 1 aromatic heterocycles. The predicted molar refractivity (Wildman–Crippen MR) is 135 cm³/mol. The number of aromatic nitrogens is 3. The lowest BCUT2D eigenvalue weighted by atomic mass is 9.96. The molecule has 0 unspecified atom stereocenters. The van der Waals surface area contributed by atoms with Crippen molar-refractivity contribution in [3.8, 4) is 0 Å². The third-order valence-electron chi connectivity index (χ3n) is 5.35. The average molecular weight is 455 g/mol. The Morgan fingerprint density at radius 2 is 1.97 bits per heavy atom. The molecule has 1 fully saturated rings. The van der Waals surface area contributed by atoms with Gasteiger partial charge in [-0.15, -0.1) is 0 Å². The summed E-state index contributed by atoms with van der Waals surface area (Å²) in [5.41, 5.74) is 2.49. The molecule has 1 amide bonds. The molecule has 4 N–H and O–H groups in total. The third-order valence-corrected chi connectivity index (χ3v) is 5.35. The summed E-state index contributed by atoms with van der Waals surface area (Å²) in [5, 5.41) is 13.0. The number of anilines is 4. The molecular weight excluding hydrogens is 416 g/mol. The Morgan fingerprint density at radius 1 is 1.21 bits per heavy atom. The maximum atomic E-state index is 12.4. The Bertz CT molecular complexity index is 950. The van der Waals surface area contributed by atoms with Crippen molar-refractivity contribution in [3.05, 3.63) is 29.3 Å². The second-order valence-corrected chi connectivity index (χ2v) is 9.94. The smallest absolute Gasteiger partial charge is 0.251 e. The molecule has 1 aliphatic rings. The SMILES string of the molecule is CCCNC(=O)c1ccc(C)c(Nc2nc(N[C@@H]3CCNC3)nc(N(C)CC(C)(C)C)n2)c1. The van der Waals surface area contributed by atoms with Crippen LogP contribution in [0, 0.1) is 12.3 Å². The van der Waals surface area contributed by atoms with Gasteiger partial charge in [-0.05, 0) is 49.4 Å². The fourth-order valence-electron chi connectivity index (χ4n) is 3.76. The van der Waals surface area contributed by atoms with Gasteiger partial charge >= 0.3 is 0 Å². The van der Waals surface area contributed by atoms with Crippen molar-refractivity contribution in [2.45, 2.75) is 53.5 Å². The molecule has 0 saturated carbocycles. The topological polar surface area (TPSA) is 107 Å². The molecule has 1 atom stereocenters. The summed E-state index contributed by atoms with van der Waals surface area (Å²) in [4.78, 5) is 28.5. The number of aryl methyl sites for hydroxylation is 1. The van der Waals surface area contributed by atoms with Gasteiger partial charge in [0.2, 0.25) is 17.8 Å². The van der Waals surface area contributed by atoms with Gasteiger partial charge in [0.15, 0.2) is 0 Å². The summed E-state index contributed by atoms with van der Waals surface area (Å²) in [6.45, 7) is 13.9. The van der Waals surface area contributed by atoms with Crippen molar-refractivity contribution in [3.63, 3.8) is 0 Å². The Labute approximate surface area is 197 Å². The van der Waals surface area contributed by atoms with Gasteiger partial charge in [-0.2, -0.15) is 15.0 Å². The first kappa shape index (κ1) is 24.7. The van der Waals surface area contributed by atoms with Crippen molar-refractivity contribution in [2.24, 2.45) is 5.41 Å². The minimum absolute atomic E-state index is 0.0859. The van der Waals surface area contributed by atoms with Crippen molar-refractivity contribution in [1.29, 1.82) is 0 Å². The number of rotatable bonds is 9. The molecule has 2 aromatic rings. The molecule has 33 heavy (non-hydrogen) atoms. The van der Waals surface area contributed by atoms with Gasteiger partial charge in [-0.1, -0.05) is 33.8 Å². The number of benzene rings is 1. The van der Waals surface area contributed by atoms with E-state index in [4.69, 9.17) is 0 Å². The zero-order valence-electron chi connectivity index (χ0n) is 20.7. The number of carbonyl (C=O) groups excluding carboxylic acids is 1. The van der Waals surface area contributed by atoms with Crippen LogP contribution in [-0.4, -0.2) is 60.1 Å². The van der Waals surface area contributed by atoms with E-state index >= 15 is 0 Å². The summed E-state index contributed by atoms with van der Waals surface area (Å²) in [7, 11) is 2.00. The minimum Gasteiger partial charge on any atom is -0.352 e. The lowest BCUT2D eigenvalue weighted by Crippen LogP contribution is -2.31. The van der Waals surface area contributed by atoms with E-state index in [9.17, 15) is 4.79 Å². The first-order valence-corrected chi connectivity index (χ1v) is 11.7. The van der Waals surface area contributed by atoms with Crippen LogP contribution >= 0.6 is 0 Å². The second-order valence-electron chi connectivity index (χ2n) is 9.94. The zero-order chi connectivity index (χ0) is 24.0. The Balaban J connectivity index is 1.89. The highest BCUT2D eigenvalue weighted by atomic mass is 16.1. The molecule has 0 spiro atoms. The van der Waals surface area contributed by atoms with Gasteiger partial charge in [0, 0.05) is 44.0 Å². The molecule has 2 heterocycles. The fourth-order valence-corrected chi connectivity index (χ4v) is 3.76. The van der Waals surface area contributed by atoms with Crippen LogP contribution in [0.2, 0.25) is 0 Å². The van der Waals surface area contributed by atoms with Crippen molar-refractivity contribution in [2.75, 3.05) is 48.8 Å². The van der Waals surface area contributed by atoms with E-state index in [1.54, 1.807) is 0 Å². The van der Waals surface area contributed by atoms with Crippen LogP contribution in [0.3, 0.4) is 0 Å². The molecule has 0 bridgehead atoms. The van der Waals surface area contributed by atoms with Crippen LogP contribution in [-0.2, 0) is 0 Å². The average Bonchev–Trinajstić information content (AvgIpc) is 3.25. The molecule has 1 aliphatic heterocycles. The Kier molecular flexibility index (Phi) is 8.07. The zero-order valence-corrected chi connectivity index (χ0v) is 20.7. The summed E-state index contributed by atoms with van der Waals surface area (Å²) in [5.74, 6) is 1.51. The normalized spacial score (nSPS) is 15.9. The van der Waals surface area contributed by atoms with E-state index in [0.717, 1.165) is 43.7 Å². The summed E-state index contributed by atoms with van der Waals surface area (Å²) >= 11 is 0. The van der Waals surface area contributed by atoms with Crippen LogP contribution < -0.4 is 26.2 Å². The Morgan fingerprint density at radius 3 is 2.64 bits per heavy atom. The van der Waals surface area contributed by atoms with E-state index in [1.165, 1.54) is 0 Å². The first-order valence-electron chi connectivity index (χ1n) is 11.7. The molecule has 9 heteroatoms. The second kappa shape index (κ2) is 10.8. The number of hydrogen-bond acceptors (Lipinski definition) is 8. The van der Waals surface area contributed by atoms with E-state index in [2.05, 4.69) is 57.0 Å². The molecule has 9 nitrogen and oxygen atoms in total. The fraction of sp³-hybridized carbons (Fsp3) is 0.583. The minimum atomic E-state index is -0.0859. The highest BCUT2D eigenvalue weighted by molar-refractivity contribution is 5.95. The van der Waals surface area contributed by atoms with E-state index in [-0.39, 0.29) is 17.4 Å². The molecule has 1 saturated heterocycles. The van der Waals surface area contributed by atoms with Gasteiger partial charge in [0.05, 0.1) is 0 Å². The van der Waals surface area contributed by atoms with E-state index in [0.29, 0.717) is 30.0 Å². The quantitative estimate of drug-likeness (QED) is 0.457. The highest BCUT2D eigenvalue weighted by Crippen LogP contribution is 2.24. The standard InChI is InChI=1S/C24H38N8O/c1-7-11-26-20(33)17-9-8-16(2)19(13-17)28-22-29-21(27-18-10-12-25-14-18)30-23(31-22)32(6)15-24(3,4)5/h8-9,13,18,25H,7,10-12,14-15H2,1-6H3,(H,26,33)(H2,27,28,29,30,31)/t18-/m1/s1. The van der Waals surface area contributed by atoms with Crippen molar-refractivity contribution < 1.29 is 4.79 Å². The summed E-state index contributed by atoms with van der Waals surface area (Å²) in [6.07, 6.45) is 1.92. The number of amides is 1. The molecule has 3 rings (SSSR count). The van der Waals surface area contributed by atoms with E-state index in [1.807, 2.05) is 44.0 Å². The monoisotopic (exact) mass is 454 g/mol. The summed E-state index contributed by atoms with van der Waals surface area (Å²) < 4.78 is 0. The van der Waals surface area contributed by atoms with Crippen molar-refractivity contribution in [1.82, 2.24) is 25.6 Å². The third kappa shape index (κ3) is 7.28. The molecule has 180 valence electrons. The van der Waals surface area contributed by atoms with Crippen LogP contribution in [0.25, 0.3) is 0 Å². The Hall–Kier alpha value is -2.94. The lowest BCUT2D eigenvalue weighted by Gasteiger charge is -2.27. The number of hydrogen-bond donors (Lipinski definition) is 4. The maximum Gasteiger partial charge on any atom is 0.251 e. The summed E-state index contributed by atoms with van der Waals surface area (Å²) in [6, 6.07) is 5.90. The van der Waals surface area contributed by atoms with Gasteiger partial charge in [-0.25, -0.2) is 0 Å². The van der Waals surface area contributed by atoms with Crippen LogP contribution in [0.15, 0.2) is 18.2 Å². The molecular formula is C24H38N8O. The largest absolute Gasteiger partial charge is 0.352 e. The number of carbonyl (C=O) groups is 1. The number of nitrogens with zero attached hydrogens (tertiary/aromatic N) is 4. The molecule has 1 aromatic carbocycles. The van der Waals surface area contributed by atoms with Gasteiger partial charge in [-0.3, -0.25) is 4.79 Å².